The van der Waals surface area contributed by atoms with E-state index in [9.17, 15) is 19.2 Å². The lowest BCUT2D eigenvalue weighted by Crippen LogP contribution is -2.49. The minimum absolute atomic E-state index is 0.184. The van der Waals surface area contributed by atoms with Crippen LogP contribution in [0, 0.1) is 5.92 Å². The molecule has 0 spiro atoms. The molecule has 13 nitrogen and oxygen atoms in total. The zero-order chi connectivity index (χ0) is 37.9. The van der Waals surface area contributed by atoms with Crippen molar-refractivity contribution in [1.29, 1.82) is 0 Å². The van der Waals surface area contributed by atoms with E-state index in [4.69, 9.17) is 4.74 Å². The first kappa shape index (κ1) is 36.5. The molecule has 2 saturated heterocycles. The van der Waals surface area contributed by atoms with Gasteiger partial charge in [0.25, 0.3) is 11.5 Å². The average molecular weight is 747 g/mol. The summed E-state index contributed by atoms with van der Waals surface area (Å²) in [6.07, 6.45) is 19.0. The van der Waals surface area contributed by atoms with Crippen molar-refractivity contribution >= 4 is 51.0 Å². The van der Waals surface area contributed by atoms with Gasteiger partial charge in [-0.1, -0.05) is 32.1 Å². The number of carbonyl (C=O) groups is 3. The predicted octanol–water partition coefficient (Wildman–Crippen LogP) is 7.02. The summed E-state index contributed by atoms with van der Waals surface area (Å²) in [6, 6.07) is 15.6. The molecule has 55 heavy (non-hydrogen) atoms. The summed E-state index contributed by atoms with van der Waals surface area (Å²) in [5, 5.41) is 13.8. The van der Waals surface area contributed by atoms with Gasteiger partial charge in [0.05, 0.1) is 24.4 Å². The van der Waals surface area contributed by atoms with Gasteiger partial charge in [-0.05, 0) is 87.0 Å². The molecule has 2 aromatic carbocycles. The van der Waals surface area contributed by atoms with E-state index >= 15 is 0 Å². The Morgan fingerprint density at radius 1 is 0.873 bits per heavy atom. The summed E-state index contributed by atoms with van der Waals surface area (Å²) < 4.78 is 9.39. The van der Waals surface area contributed by atoms with Gasteiger partial charge in [-0.25, -0.2) is 4.79 Å². The molecule has 5 aromatic rings. The molecule has 4 aliphatic rings. The number of hydrogen-bond donors (Lipinski definition) is 3. The van der Waals surface area contributed by atoms with Crippen LogP contribution in [-0.2, 0) is 4.79 Å². The number of anilines is 2. The second-order valence-corrected chi connectivity index (χ2v) is 15.4. The number of amides is 4. The molecule has 2 aliphatic heterocycles. The van der Waals surface area contributed by atoms with Gasteiger partial charge in [-0.15, -0.1) is 0 Å². The fourth-order valence-electron chi connectivity index (χ4n) is 8.46. The number of aromatic nitrogens is 4. The van der Waals surface area contributed by atoms with Gasteiger partial charge in [-0.3, -0.25) is 29.7 Å². The fourth-order valence-corrected chi connectivity index (χ4v) is 8.46. The lowest BCUT2D eigenvalue weighted by Gasteiger charge is -2.34. The molecule has 9 rings (SSSR count). The summed E-state index contributed by atoms with van der Waals surface area (Å²) in [5.41, 5.74) is 3.30. The third kappa shape index (κ3) is 8.17. The fraction of sp³-hybridized carbons (Fsp3) is 0.452. The zero-order valence-corrected chi connectivity index (χ0v) is 31.5. The Hall–Kier alpha value is -5.43. The van der Waals surface area contributed by atoms with Gasteiger partial charge in [-0.2, -0.15) is 5.10 Å². The highest BCUT2D eigenvalue weighted by molar-refractivity contribution is 6.08. The smallest absolute Gasteiger partial charge is 0.328 e. The van der Waals surface area contributed by atoms with E-state index in [-0.39, 0.29) is 35.1 Å². The molecule has 4 amide bonds. The largest absolute Gasteiger partial charge is 0.496 e. The number of ether oxygens (including phenoxy) is 1. The van der Waals surface area contributed by atoms with E-state index in [1.165, 1.54) is 83.6 Å². The maximum absolute atomic E-state index is 12.6. The quantitative estimate of drug-likeness (QED) is 0.147. The average Bonchev–Trinajstić information content (AvgIpc) is 3.80. The van der Waals surface area contributed by atoms with Gasteiger partial charge in [0.1, 0.15) is 11.4 Å². The van der Waals surface area contributed by atoms with E-state index in [0.717, 1.165) is 40.7 Å². The molecule has 13 heteroatoms. The predicted molar refractivity (Wildman–Crippen MR) is 213 cm³/mol. The number of aromatic amines is 1. The SMILES string of the molecule is COc1cc2[nH]ncc2cc1C(=O)Nc1cccn(C2CC2)c1=O.O=C1CCN(c2ccc3c(ccn3C3CCN(CCC4CCCCC4)CC3)c2)C(=O)N1. The van der Waals surface area contributed by atoms with Crippen molar-refractivity contribution in [1.82, 2.24) is 29.5 Å². The topological polar surface area (TPSA) is 147 Å². The van der Waals surface area contributed by atoms with Crippen LogP contribution in [0.2, 0.25) is 0 Å². The molecule has 0 unspecified atom stereocenters. The molecule has 3 N–H and O–H groups in total. The number of likely N-dealkylation sites (tertiary alicyclic amines) is 1. The number of nitrogens with zero attached hydrogens (tertiary/aromatic N) is 5. The Morgan fingerprint density at radius 3 is 2.44 bits per heavy atom. The lowest BCUT2D eigenvalue weighted by molar-refractivity contribution is -0.120. The van der Waals surface area contributed by atoms with Crippen molar-refractivity contribution < 1.29 is 19.1 Å². The van der Waals surface area contributed by atoms with Crippen molar-refractivity contribution in [2.45, 2.75) is 82.7 Å². The van der Waals surface area contributed by atoms with E-state index < -0.39 is 0 Å². The standard InChI is InChI=1S/C25H34N4O2.C17H16N4O3/c30-24-12-17-29(25(31)26-24)22-6-7-23-20(18-22)9-16-28(23)21-10-14-27(15-11-21)13-8-19-4-2-1-3-5-19;1-24-15-8-14-10(9-18-20-14)7-12(15)16(22)19-13-3-2-6-21(17(13)23)11-4-5-11/h6-7,9,16,18-19,21H,1-5,8,10-15,17H2,(H,26,30,31);2-3,6-9,11H,4-5H2,1H3,(H,18,20)(H,19,22). The number of nitrogens with one attached hydrogen (secondary N) is 3. The number of imide groups is 1. The van der Waals surface area contributed by atoms with Crippen molar-refractivity contribution in [3.05, 3.63) is 83.0 Å². The second-order valence-electron chi connectivity index (χ2n) is 15.4. The molecule has 5 heterocycles. The summed E-state index contributed by atoms with van der Waals surface area (Å²) >= 11 is 0. The molecular formula is C42H50N8O5. The van der Waals surface area contributed by atoms with Gasteiger partial charge in [0.15, 0.2) is 0 Å². The maximum atomic E-state index is 12.6. The van der Waals surface area contributed by atoms with Crippen LogP contribution >= 0.6 is 0 Å². The molecule has 3 aromatic heterocycles. The Bertz CT molecular complexity index is 2240. The minimum Gasteiger partial charge on any atom is -0.496 e. The van der Waals surface area contributed by atoms with E-state index in [2.05, 4.69) is 54.7 Å². The number of benzene rings is 2. The zero-order valence-electron chi connectivity index (χ0n) is 31.5. The molecule has 288 valence electrons. The van der Waals surface area contributed by atoms with Crippen LogP contribution < -0.4 is 25.8 Å². The molecule has 2 aliphatic carbocycles. The molecule has 2 saturated carbocycles. The number of pyridine rings is 1. The minimum atomic E-state index is -0.388. The third-order valence-corrected chi connectivity index (χ3v) is 11.8. The van der Waals surface area contributed by atoms with Crippen LogP contribution in [0.5, 0.6) is 5.75 Å². The Labute approximate surface area is 320 Å². The Morgan fingerprint density at radius 2 is 1.67 bits per heavy atom. The third-order valence-electron chi connectivity index (χ3n) is 11.8. The lowest BCUT2D eigenvalue weighted by atomic mass is 9.87. The normalized spacial score (nSPS) is 18.6. The Balaban J connectivity index is 0.000000160. The molecule has 0 bridgehead atoms. The number of piperidine rings is 1. The summed E-state index contributed by atoms with van der Waals surface area (Å²) in [7, 11) is 1.50. The van der Waals surface area contributed by atoms with Crippen molar-refractivity contribution in [3.63, 3.8) is 0 Å². The summed E-state index contributed by atoms with van der Waals surface area (Å²) in [4.78, 5) is 53.0. The van der Waals surface area contributed by atoms with Crippen LogP contribution in [0.1, 0.15) is 93.1 Å². The van der Waals surface area contributed by atoms with Gasteiger partial charge in [0.2, 0.25) is 5.91 Å². The number of hydrogen-bond acceptors (Lipinski definition) is 7. The second kappa shape index (κ2) is 16.1. The number of urea groups is 1. The number of methoxy groups -OCH3 is 1. The Kier molecular flexibility index (Phi) is 10.7. The molecule has 0 radical (unpaired) electrons. The summed E-state index contributed by atoms with van der Waals surface area (Å²) in [6.45, 7) is 4.10. The number of H-pyrrole nitrogens is 1. The van der Waals surface area contributed by atoms with Crippen LogP contribution in [0.4, 0.5) is 16.2 Å². The van der Waals surface area contributed by atoms with E-state index in [1.54, 1.807) is 46.1 Å². The highest BCUT2D eigenvalue weighted by Gasteiger charge is 2.27. The van der Waals surface area contributed by atoms with Crippen LogP contribution in [0.3, 0.4) is 0 Å². The monoisotopic (exact) mass is 746 g/mol. The number of fused-ring (bicyclic) bond motifs is 2. The first-order chi connectivity index (χ1) is 26.8. The van der Waals surface area contributed by atoms with Crippen LogP contribution in [0.15, 0.2) is 71.9 Å². The first-order valence-corrected chi connectivity index (χ1v) is 19.8. The van der Waals surface area contributed by atoms with Crippen LogP contribution in [0.25, 0.3) is 21.8 Å². The van der Waals surface area contributed by atoms with Crippen molar-refractivity contribution in [3.8, 4) is 5.75 Å². The van der Waals surface area contributed by atoms with Gasteiger partial charge < -0.3 is 24.1 Å². The highest BCUT2D eigenvalue weighted by Crippen LogP contribution is 2.34. The molecule has 4 fully saturated rings. The summed E-state index contributed by atoms with van der Waals surface area (Å²) in [5.74, 6) is 0.802. The van der Waals surface area contributed by atoms with Crippen molar-refractivity contribution in [2.24, 2.45) is 5.92 Å². The first-order valence-electron chi connectivity index (χ1n) is 19.8. The number of carbonyl (C=O) groups excluding carboxylic acids is 3. The molecule has 0 atom stereocenters. The maximum Gasteiger partial charge on any atom is 0.328 e. The van der Waals surface area contributed by atoms with E-state index in [0.29, 0.717) is 30.3 Å². The van der Waals surface area contributed by atoms with Crippen LogP contribution in [-0.4, -0.2) is 75.4 Å². The molecular weight excluding hydrogens is 697 g/mol. The highest BCUT2D eigenvalue weighted by atomic mass is 16.5. The number of rotatable bonds is 9. The van der Waals surface area contributed by atoms with Gasteiger partial charge in [0, 0.05) is 78.6 Å². The van der Waals surface area contributed by atoms with E-state index in [1.807, 2.05) is 6.07 Å². The van der Waals surface area contributed by atoms with Crippen molar-refractivity contribution in [2.75, 3.05) is 43.5 Å². The van der Waals surface area contributed by atoms with Gasteiger partial charge >= 0.3 is 6.03 Å².